The van der Waals surface area contributed by atoms with Crippen molar-refractivity contribution in [2.24, 2.45) is 0 Å². The lowest BCUT2D eigenvalue weighted by atomic mass is 10.3. The topological polar surface area (TPSA) is 3.24 Å². The van der Waals surface area contributed by atoms with Crippen molar-refractivity contribution < 1.29 is 0 Å². The van der Waals surface area contributed by atoms with Gasteiger partial charge >= 0.3 is 0 Å². The molecular formula is C7H17NSi. The quantitative estimate of drug-likeness (QED) is 0.499. The van der Waals surface area contributed by atoms with Gasteiger partial charge in [-0.1, -0.05) is 10.8 Å². The molecule has 0 aliphatic carbocycles. The van der Waals surface area contributed by atoms with Gasteiger partial charge in [-0.2, -0.15) is 0 Å². The summed E-state index contributed by atoms with van der Waals surface area (Å²) in [6.45, 7) is 5.54. The first-order valence-corrected chi connectivity index (χ1v) is 4.31. The average molecular weight is 143 g/mol. The minimum Gasteiger partial charge on any atom is -0.305 e. The van der Waals surface area contributed by atoms with Crippen LogP contribution >= 0.6 is 0 Å². The standard InChI is InChI=1S/C7H17NSi/c1-6(7(2)9)5-8(3)4/h5H2,1-4,9H3. The molecule has 0 spiro atoms. The summed E-state index contributed by atoms with van der Waals surface area (Å²) in [7, 11) is 5.42. The third-order valence-corrected chi connectivity index (χ3v) is 2.26. The molecule has 0 bridgehead atoms. The number of allylic oxidation sites excluding steroid dienone is 1. The van der Waals surface area contributed by atoms with Gasteiger partial charge in [-0.3, -0.25) is 0 Å². The molecule has 0 radical (unpaired) electrons. The highest BCUT2D eigenvalue weighted by Gasteiger charge is 1.92. The van der Waals surface area contributed by atoms with Crippen molar-refractivity contribution in [3.05, 3.63) is 10.8 Å². The Balaban J connectivity index is 3.77. The van der Waals surface area contributed by atoms with Crippen LogP contribution in [0.1, 0.15) is 13.8 Å². The monoisotopic (exact) mass is 143 g/mol. The molecule has 0 aliphatic rings. The highest BCUT2D eigenvalue weighted by molar-refractivity contribution is 6.21. The number of rotatable bonds is 2. The molecule has 1 nitrogen and oxygen atoms in total. The zero-order chi connectivity index (χ0) is 7.44. The second-order valence-electron chi connectivity index (χ2n) is 3.02. The van der Waals surface area contributed by atoms with E-state index < -0.39 is 0 Å². The summed E-state index contributed by atoms with van der Waals surface area (Å²) in [5.74, 6) is 0. The van der Waals surface area contributed by atoms with Gasteiger partial charge in [-0.05, 0) is 27.9 Å². The minimum absolute atomic E-state index is 1.12. The van der Waals surface area contributed by atoms with Crippen molar-refractivity contribution >= 4 is 10.2 Å². The molecule has 0 aromatic heterocycles. The van der Waals surface area contributed by atoms with Gasteiger partial charge in [0, 0.05) is 16.8 Å². The van der Waals surface area contributed by atoms with Crippen LogP contribution in [0, 0.1) is 0 Å². The smallest absolute Gasteiger partial charge is 0.0329 e. The second-order valence-corrected chi connectivity index (χ2v) is 4.52. The zero-order valence-corrected chi connectivity index (χ0v) is 9.15. The minimum atomic E-state index is 1.12. The molecular weight excluding hydrogens is 126 g/mol. The average Bonchev–Trinajstić information content (AvgIpc) is 1.63. The summed E-state index contributed by atoms with van der Waals surface area (Å²) < 4.78 is 0. The first-order chi connectivity index (χ1) is 4.04. The van der Waals surface area contributed by atoms with Crippen molar-refractivity contribution in [2.45, 2.75) is 13.8 Å². The van der Waals surface area contributed by atoms with Crippen LogP contribution in [0.3, 0.4) is 0 Å². The molecule has 0 amide bonds. The molecule has 0 atom stereocenters. The molecule has 0 aromatic rings. The fourth-order valence-electron chi connectivity index (χ4n) is 0.632. The maximum absolute atomic E-state index is 2.21. The predicted octanol–water partition coefficient (Wildman–Crippen LogP) is 0.207. The molecule has 0 aliphatic heterocycles. The molecule has 2 heteroatoms. The number of hydrogen-bond donors (Lipinski definition) is 0. The van der Waals surface area contributed by atoms with E-state index in [1.165, 1.54) is 15.8 Å². The van der Waals surface area contributed by atoms with Crippen LogP contribution in [0.5, 0.6) is 0 Å². The number of nitrogens with zero attached hydrogens (tertiary/aromatic N) is 1. The summed E-state index contributed by atoms with van der Waals surface area (Å²) in [5, 5.41) is 1.57. The van der Waals surface area contributed by atoms with E-state index in [1.807, 2.05) is 0 Å². The van der Waals surface area contributed by atoms with Crippen molar-refractivity contribution in [3.8, 4) is 0 Å². The second kappa shape index (κ2) is 3.85. The fourth-order valence-corrected chi connectivity index (χ4v) is 0.791. The van der Waals surface area contributed by atoms with Crippen LogP contribution in [-0.4, -0.2) is 35.8 Å². The molecule has 0 rings (SSSR count). The van der Waals surface area contributed by atoms with Gasteiger partial charge < -0.3 is 4.90 Å². The van der Waals surface area contributed by atoms with E-state index in [4.69, 9.17) is 0 Å². The van der Waals surface area contributed by atoms with E-state index in [0.29, 0.717) is 0 Å². The van der Waals surface area contributed by atoms with Crippen LogP contribution in [0.15, 0.2) is 10.8 Å². The molecule has 0 fully saturated rings. The lowest BCUT2D eigenvalue weighted by Crippen LogP contribution is -2.14. The van der Waals surface area contributed by atoms with Crippen molar-refractivity contribution in [2.75, 3.05) is 20.6 Å². The Bertz CT molecular complexity index is 112. The van der Waals surface area contributed by atoms with Gasteiger partial charge in [0.15, 0.2) is 0 Å². The molecule has 0 N–H and O–H groups in total. The Labute approximate surface area is 61.2 Å². The lowest BCUT2D eigenvalue weighted by Gasteiger charge is -2.10. The first-order valence-electron chi connectivity index (χ1n) is 3.31. The molecule has 0 saturated carbocycles. The van der Waals surface area contributed by atoms with E-state index in [-0.39, 0.29) is 0 Å². The summed E-state index contributed by atoms with van der Waals surface area (Å²) in [6.07, 6.45) is 0. The number of hydrogen-bond acceptors (Lipinski definition) is 1. The van der Waals surface area contributed by atoms with Gasteiger partial charge in [0.05, 0.1) is 0 Å². The van der Waals surface area contributed by atoms with Gasteiger partial charge in [-0.15, -0.1) is 0 Å². The van der Waals surface area contributed by atoms with E-state index in [1.54, 1.807) is 5.20 Å². The van der Waals surface area contributed by atoms with Crippen LogP contribution in [-0.2, 0) is 0 Å². The first kappa shape index (κ1) is 8.92. The summed E-state index contributed by atoms with van der Waals surface area (Å²) in [4.78, 5) is 2.21. The fraction of sp³-hybridized carbons (Fsp3) is 0.714. The van der Waals surface area contributed by atoms with Gasteiger partial charge in [0.1, 0.15) is 0 Å². The van der Waals surface area contributed by atoms with E-state index in [9.17, 15) is 0 Å². The molecule has 0 saturated heterocycles. The summed E-state index contributed by atoms with van der Waals surface area (Å²) >= 11 is 0. The molecule has 0 heterocycles. The predicted molar refractivity (Wildman–Crippen MR) is 46.9 cm³/mol. The maximum atomic E-state index is 2.21. The zero-order valence-electron chi connectivity index (χ0n) is 7.15. The van der Waals surface area contributed by atoms with E-state index in [0.717, 1.165) is 6.54 Å². The summed E-state index contributed by atoms with van der Waals surface area (Å²) in [6, 6.07) is 0. The van der Waals surface area contributed by atoms with E-state index in [2.05, 4.69) is 32.8 Å². The van der Waals surface area contributed by atoms with E-state index >= 15 is 0 Å². The summed E-state index contributed by atoms with van der Waals surface area (Å²) in [5.41, 5.74) is 1.53. The highest BCUT2D eigenvalue weighted by Crippen LogP contribution is 1.98. The third-order valence-electron chi connectivity index (χ3n) is 1.41. The molecule has 54 valence electrons. The molecule has 9 heavy (non-hydrogen) atoms. The van der Waals surface area contributed by atoms with Crippen LogP contribution in [0.4, 0.5) is 0 Å². The Hall–Kier alpha value is -0.0831. The largest absolute Gasteiger partial charge is 0.305 e. The highest BCUT2D eigenvalue weighted by atomic mass is 28.1. The van der Waals surface area contributed by atoms with Gasteiger partial charge in [0.25, 0.3) is 0 Å². The Morgan fingerprint density at radius 3 is 1.89 bits per heavy atom. The van der Waals surface area contributed by atoms with Crippen molar-refractivity contribution in [1.82, 2.24) is 4.90 Å². The molecule has 0 unspecified atom stereocenters. The Morgan fingerprint density at radius 2 is 1.78 bits per heavy atom. The molecule has 0 aromatic carbocycles. The van der Waals surface area contributed by atoms with Crippen LogP contribution < -0.4 is 0 Å². The van der Waals surface area contributed by atoms with Gasteiger partial charge in [-0.25, -0.2) is 0 Å². The lowest BCUT2D eigenvalue weighted by molar-refractivity contribution is 0.444. The van der Waals surface area contributed by atoms with Gasteiger partial charge in [0.2, 0.25) is 0 Å². The SMILES string of the molecule is CC([SiH3])=C(C)CN(C)C. The third kappa shape index (κ3) is 4.42. The van der Waals surface area contributed by atoms with Crippen molar-refractivity contribution in [3.63, 3.8) is 0 Å². The Morgan fingerprint density at radius 1 is 1.33 bits per heavy atom. The Kier molecular flexibility index (Phi) is 3.82. The normalized spacial score (nSPS) is 14.3. The number of likely N-dealkylation sites (N-methyl/N-ethyl adjacent to an activating group) is 1. The van der Waals surface area contributed by atoms with Crippen molar-refractivity contribution in [1.29, 1.82) is 0 Å². The van der Waals surface area contributed by atoms with Crippen LogP contribution in [0.2, 0.25) is 0 Å². The van der Waals surface area contributed by atoms with Crippen LogP contribution in [0.25, 0.3) is 0 Å². The maximum Gasteiger partial charge on any atom is 0.0329 e.